The lowest BCUT2D eigenvalue weighted by Gasteiger charge is -1.98. The molecule has 0 aliphatic heterocycles. The number of carbonyl (C=O) groups is 1. The third-order valence-electron chi connectivity index (χ3n) is 2.40. The van der Waals surface area contributed by atoms with Gasteiger partial charge in [0.25, 0.3) is 0 Å². The lowest BCUT2D eigenvalue weighted by molar-refractivity contribution is 0.238. The van der Waals surface area contributed by atoms with E-state index in [0.29, 0.717) is 5.82 Å². The van der Waals surface area contributed by atoms with Crippen LogP contribution in [0.15, 0.2) is 43.0 Å². The summed E-state index contributed by atoms with van der Waals surface area (Å²) in [5, 5.41) is 7.77. The molecule has 0 amide bonds. The standard InChI is InChI=1S/C11H7ClN6O/c12-10-15-9(8-4-2-1-3-5-8)16-18(10)11(19)17-7-13-6-14-17/h1-7H. The van der Waals surface area contributed by atoms with Gasteiger partial charge in [0, 0.05) is 5.56 Å². The van der Waals surface area contributed by atoms with Gasteiger partial charge in [0.1, 0.15) is 12.7 Å². The number of hydrogen-bond acceptors (Lipinski definition) is 5. The van der Waals surface area contributed by atoms with Crippen LogP contribution in [-0.4, -0.2) is 35.6 Å². The van der Waals surface area contributed by atoms with Gasteiger partial charge in [0.2, 0.25) is 5.28 Å². The van der Waals surface area contributed by atoms with E-state index >= 15 is 0 Å². The van der Waals surface area contributed by atoms with Crippen LogP contribution >= 0.6 is 11.6 Å². The van der Waals surface area contributed by atoms with E-state index < -0.39 is 6.03 Å². The van der Waals surface area contributed by atoms with Crippen molar-refractivity contribution >= 4 is 17.6 Å². The Morgan fingerprint density at radius 2 is 2.00 bits per heavy atom. The Morgan fingerprint density at radius 3 is 2.68 bits per heavy atom. The molecule has 3 aromatic rings. The summed E-state index contributed by atoms with van der Waals surface area (Å²) in [4.78, 5) is 19.7. The quantitative estimate of drug-likeness (QED) is 0.675. The summed E-state index contributed by atoms with van der Waals surface area (Å²) in [6.45, 7) is 0. The molecule has 0 unspecified atom stereocenters. The number of nitrogens with zero attached hydrogens (tertiary/aromatic N) is 6. The van der Waals surface area contributed by atoms with Crippen molar-refractivity contribution < 1.29 is 4.79 Å². The molecule has 0 N–H and O–H groups in total. The highest BCUT2D eigenvalue weighted by atomic mass is 35.5. The Bertz CT molecular complexity index is 706. The van der Waals surface area contributed by atoms with Crippen LogP contribution in [0.1, 0.15) is 0 Å². The van der Waals surface area contributed by atoms with Crippen molar-refractivity contribution in [2.45, 2.75) is 0 Å². The zero-order valence-electron chi connectivity index (χ0n) is 9.51. The van der Waals surface area contributed by atoms with Gasteiger partial charge in [-0.05, 0) is 11.6 Å². The summed E-state index contributed by atoms with van der Waals surface area (Å²) in [5.74, 6) is 0.374. The molecule has 0 atom stereocenters. The normalized spacial score (nSPS) is 10.6. The lowest BCUT2D eigenvalue weighted by Crippen LogP contribution is -2.21. The average Bonchev–Trinajstić information content (AvgIpc) is 3.08. The van der Waals surface area contributed by atoms with Gasteiger partial charge in [0.15, 0.2) is 5.82 Å². The summed E-state index contributed by atoms with van der Waals surface area (Å²) in [6.07, 6.45) is 2.52. The molecule has 1 aromatic carbocycles. The van der Waals surface area contributed by atoms with Gasteiger partial charge in [-0.15, -0.1) is 9.78 Å². The van der Waals surface area contributed by atoms with Gasteiger partial charge in [-0.2, -0.15) is 14.8 Å². The molecule has 0 spiro atoms. The van der Waals surface area contributed by atoms with Crippen molar-refractivity contribution in [3.05, 3.63) is 48.3 Å². The van der Waals surface area contributed by atoms with Crippen LogP contribution in [0.2, 0.25) is 5.28 Å². The van der Waals surface area contributed by atoms with Crippen molar-refractivity contribution in [3.8, 4) is 11.4 Å². The summed E-state index contributed by atoms with van der Waals surface area (Å²) in [6, 6.07) is 8.69. The molecule has 94 valence electrons. The Morgan fingerprint density at radius 1 is 1.21 bits per heavy atom. The highest BCUT2D eigenvalue weighted by molar-refractivity contribution is 6.29. The van der Waals surface area contributed by atoms with Gasteiger partial charge in [-0.25, -0.2) is 9.78 Å². The fourth-order valence-electron chi connectivity index (χ4n) is 1.53. The van der Waals surface area contributed by atoms with Crippen LogP contribution in [0.5, 0.6) is 0 Å². The van der Waals surface area contributed by atoms with Crippen LogP contribution in [0.4, 0.5) is 4.79 Å². The van der Waals surface area contributed by atoms with Crippen molar-refractivity contribution in [2.75, 3.05) is 0 Å². The highest BCUT2D eigenvalue weighted by Gasteiger charge is 2.17. The molecule has 7 nitrogen and oxygen atoms in total. The molecule has 0 aliphatic rings. The summed E-state index contributed by atoms with van der Waals surface area (Å²) < 4.78 is 1.99. The maximum absolute atomic E-state index is 12.0. The summed E-state index contributed by atoms with van der Waals surface area (Å²) >= 11 is 5.91. The van der Waals surface area contributed by atoms with Crippen molar-refractivity contribution in [1.82, 2.24) is 29.5 Å². The maximum Gasteiger partial charge on any atom is 0.373 e. The molecule has 0 saturated carbocycles. The predicted molar refractivity (Wildman–Crippen MR) is 66.7 cm³/mol. The largest absolute Gasteiger partial charge is 0.373 e. The third kappa shape index (κ3) is 2.11. The van der Waals surface area contributed by atoms with Crippen LogP contribution in [0, 0.1) is 0 Å². The average molecular weight is 275 g/mol. The number of halogens is 1. The Kier molecular flexibility index (Phi) is 2.81. The van der Waals surface area contributed by atoms with E-state index in [9.17, 15) is 4.79 Å². The van der Waals surface area contributed by atoms with Crippen molar-refractivity contribution in [1.29, 1.82) is 0 Å². The Labute approximate surface area is 112 Å². The van der Waals surface area contributed by atoms with Crippen LogP contribution in [-0.2, 0) is 0 Å². The second-order valence-corrected chi connectivity index (χ2v) is 3.94. The van der Waals surface area contributed by atoms with E-state index in [1.165, 1.54) is 12.7 Å². The molecule has 2 aromatic heterocycles. The van der Waals surface area contributed by atoms with E-state index in [4.69, 9.17) is 11.6 Å². The number of rotatable bonds is 1. The van der Waals surface area contributed by atoms with Gasteiger partial charge >= 0.3 is 6.03 Å². The SMILES string of the molecule is O=C(n1cncn1)n1nc(-c2ccccc2)nc1Cl. The number of aromatic nitrogens is 6. The minimum absolute atomic E-state index is 0.0284. The molecule has 8 heteroatoms. The Balaban J connectivity index is 2.01. The summed E-state index contributed by atoms with van der Waals surface area (Å²) in [5.41, 5.74) is 0.773. The molecular weight excluding hydrogens is 268 g/mol. The molecule has 0 fully saturated rings. The van der Waals surface area contributed by atoms with Gasteiger partial charge in [0.05, 0.1) is 0 Å². The minimum atomic E-state index is -0.544. The zero-order chi connectivity index (χ0) is 13.2. The van der Waals surface area contributed by atoms with Gasteiger partial charge in [-0.1, -0.05) is 30.3 Å². The van der Waals surface area contributed by atoms with Crippen molar-refractivity contribution in [3.63, 3.8) is 0 Å². The predicted octanol–water partition coefficient (Wildman–Crippen LogP) is 1.71. The van der Waals surface area contributed by atoms with E-state index in [2.05, 4.69) is 20.2 Å². The van der Waals surface area contributed by atoms with Crippen molar-refractivity contribution in [2.24, 2.45) is 0 Å². The number of hydrogen-bond donors (Lipinski definition) is 0. The first-order valence-corrected chi connectivity index (χ1v) is 5.71. The minimum Gasteiger partial charge on any atom is -0.243 e. The second-order valence-electron chi connectivity index (χ2n) is 3.60. The fourth-order valence-corrected chi connectivity index (χ4v) is 1.72. The van der Waals surface area contributed by atoms with Crippen LogP contribution in [0.25, 0.3) is 11.4 Å². The first kappa shape index (κ1) is 11.5. The van der Waals surface area contributed by atoms with Crippen LogP contribution in [0.3, 0.4) is 0 Å². The van der Waals surface area contributed by atoms with Crippen LogP contribution < -0.4 is 0 Å². The van der Waals surface area contributed by atoms with E-state index in [0.717, 1.165) is 14.9 Å². The molecule has 0 radical (unpaired) electrons. The summed E-state index contributed by atoms with van der Waals surface area (Å²) in [7, 11) is 0. The molecule has 3 rings (SSSR count). The van der Waals surface area contributed by atoms with Gasteiger partial charge in [-0.3, -0.25) is 0 Å². The second kappa shape index (κ2) is 4.62. The molecule has 19 heavy (non-hydrogen) atoms. The number of carbonyl (C=O) groups excluding carboxylic acids is 1. The molecule has 0 saturated heterocycles. The van der Waals surface area contributed by atoms with E-state index in [-0.39, 0.29) is 5.28 Å². The first-order chi connectivity index (χ1) is 9.25. The topological polar surface area (TPSA) is 78.5 Å². The van der Waals surface area contributed by atoms with Gasteiger partial charge < -0.3 is 0 Å². The maximum atomic E-state index is 12.0. The highest BCUT2D eigenvalue weighted by Crippen LogP contribution is 2.17. The molecular formula is C11H7ClN6O. The van der Waals surface area contributed by atoms with E-state index in [1.54, 1.807) is 0 Å². The monoisotopic (exact) mass is 274 g/mol. The van der Waals surface area contributed by atoms with E-state index in [1.807, 2.05) is 30.3 Å². The molecule has 2 heterocycles. The smallest absolute Gasteiger partial charge is 0.243 e. The number of benzene rings is 1. The molecule has 0 bridgehead atoms. The third-order valence-corrected chi connectivity index (χ3v) is 2.64. The fraction of sp³-hybridized carbons (Fsp3) is 0. The zero-order valence-corrected chi connectivity index (χ0v) is 10.3. The first-order valence-electron chi connectivity index (χ1n) is 5.33. The lowest BCUT2D eigenvalue weighted by atomic mass is 10.2. The molecule has 0 aliphatic carbocycles. The Hall–Kier alpha value is -2.54.